The summed E-state index contributed by atoms with van der Waals surface area (Å²) in [6.45, 7) is 6.54. The maximum Gasteiger partial charge on any atom is 0.124 e. The standard InChI is InChI=1S/C12H18N2O/c1-9-12(14-7-5-13-6-8-14)10-3-2-4-11(10)15-9/h13H,2-8H2,1H3. The Bertz CT molecular complexity index is 364. The van der Waals surface area contributed by atoms with Gasteiger partial charge in [0, 0.05) is 38.2 Å². The second-order valence-electron chi connectivity index (χ2n) is 4.50. The molecule has 0 unspecified atom stereocenters. The van der Waals surface area contributed by atoms with Crippen molar-refractivity contribution in [3.63, 3.8) is 0 Å². The maximum absolute atomic E-state index is 5.85. The van der Waals surface area contributed by atoms with E-state index in [1.54, 1.807) is 0 Å². The fraction of sp³-hybridized carbons (Fsp3) is 0.667. The number of rotatable bonds is 1. The van der Waals surface area contributed by atoms with Crippen LogP contribution in [0.3, 0.4) is 0 Å². The number of anilines is 1. The van der Waals surface area contributed by atoms with Crippen LogP contribution in [0, 0.1) is 6.92 Å². The highest BCUT2D eigenvalue weighted by molar-refractivity contribution is 5.60. The van der Waals surface area contributed by atoms with E-state index in [0.717, 1.165) is 38.4 Å². The van der Waals surface area contributed by atoms with E-state index in [1.165, 1.54) is 29.9 Å². The Kier molecular flexibility index (Phi) is 2.20. The number of hydrogen-bond acceptors (Lipinski definition) is 3. The summed E-state index contributed by atoms with van der Waals surface area (Å²) >= 11 is 0. The monoisotopic (exact) mass is 206 g/mol. The number of fused-ring (bicyclic) bond motifs is 1. The molecule has 1 aliphatic carbocycles. The third-order valence-electron chi connectivity index (χ3n) is 3.50. The summed E-state index contributed by atoms with van der Waals surface area (Å²) in [6.07, 6.45) is 3.63. The maximum atomic E-state index is 5.85. The van der Waals surface area contributed by atoms with Crippen molar-refractivity contribution in [2.75, 3.05) is 31.1 Å². The number of aryl methyl sites for hydroxylation is 2. The van der Waals surface area contributed by atoms with Crippen LogP contribution in [0.5, 0.6) is 0 Å². The first-order chi connectivity index (χ1) is 7.36. The molecule has 3 heteroatoms. The Balaban J connectivity index is 1.95. The molecule has 1 aliphatic heterocycles. The predicted molar refractivity (Wildman–Crippen MR) is 60.6 cm³/mol. The molecular weight excluding hydrogens is 188 g/mol. The first-order valence-corrected chi connectivity index (χ1v) is 5.93. The van der Waals surface area contributed by atoms with Gasteiger partial charge in [-0.3, -0.25) is 0 Å². The molecule has 1 fully saturated rings. The van der Waals surface area contributed by atoms with Crippen molar-refractivity contribution < 1.29 is 4.42 Å². The Hall–Kier alpha value is -0.960. The summed E-state index contributed by atoms with van der Waals surface area (Å²) in [5.74, 6) is 2.38. The van der Waals surface area contributed by atoms with E-state index in [-0.39, 0.29) is 0 Å². The third kappa shape index (κ3) is 1.46. The van der Waals surface area contributed by atoms with Gasteiger partial charge in [0.2, 0.25) is 0 Å². The Morgan fingerprint density at radius 2 is 2.00 bits per heavy atom. The summed E-state index contributed by atoms with van der Waals surface area (Å²) in [5, 5.41) is 3.39. The molecule has 0 aromatic carbocycles. The van der Waals surface area contributed by atoms with Crippen LogP contribution in [0.2, 0.25) is 0 Å². The van der Waals surface area contributed by atoms with Crippen molar-refractivity contribution >= 4 is 5.69 Å². The highest BCUT2D eigenvalue weighted by atomic mass is 16.3. The molecule has 0 spiro atoms. The first kappa shape index (κ1) is 9.28. The molecule has 0 atom stereocenters. The molecule has 0 radical (unpaired) electrons. The summed E-state index contributed by atoms with van der Waals surface area (Å²) in [7, 11) is 0. The van der Waals surface area contributed by atoms with Crippen LogP contribution >= 0.6 is 0 Å². The van der Waals surface area contributed by atoms with E-state index in [4.69, 9.17) is 4.42 Å². The third-order valence-corrected chi connectivity index (χ3v) is 3.50. The molecule has 0 bridgehead atoms. The average molecular weight is 206 g/mol. The van der Waals surface area contributed by atoms with Gasteiger partial charge >= 0.3 is 0 Å². The van der Waals surface area contributed by atoms with Crippen LogP contribution in [-0.2, 0) is 12.8 Å². The second kappa shape index (κ2) is 3.56. The smallest absolute Gasteiger partial charge is 0.124 e. The van der Waals surface area contributed by atoms with Gasteiger partial charge in [-0.15, -0.1) is 0 Å². The first-order valence-electron chi connectivity index (χ1n) is 5.93. The molecule has 0 amide bonds. The van der Waals surface area contributed by atoms with E-state index in [9.17, 15) is 0 Å². The zero-order chi connectivity index (χ0) is 10.3. The zero-order valence-corrected chi connectivity index (χ0v) is 9.31. The lowest BCUT2D eigenvalue weighted by Gasteiger charge is -2.29. The molecule has 1 saturated heterocycles. The minimum atomic E-state index is 1.10. The van der Waals surface area contributed by atoms with E-state index in [0.29, 0.717) is 0 Å². The van der Waals surface area contributed by atoms with Gasteiger partial charge in [-0.25, -0.2) is 0 Å². The molecule has 2 heterocycles. The lowest BCUT2D eigenvalue weighted by Crippen LogP contribution is -2.43. The lowest BCUT2D eigenvalue weighted by atomic mass is 10.1. The van der Waals surface area contributed by atoms with Gasteiger partial charge < -0.3 is 14.6 Å². The van der Waals surface area contributed by atoms with E-state index in [1.807, 2.05) is 0 Å². The van der Waals surface area contributed by atoms with Gasteiger partial charge in [0.25, 0.3) is 0 Å². The number of nitrogens with zero attached hydrogens (tertiary/aromatic N) is 1. The topological polar surface area (TPSA) is 28.4 Å². The Labute approximate surface area is 90.4 Å². The summed E-state index contributed by atoms with van der Waals surface area (Å²) in [6, 6.07) is 0. The van der Waals surface area contributed by atoms with Gasteiger partial charge in [0.1, 0.15) is 11.5 Å². The number of piperazine rings is 1. The Morgan fingerprint density at radius 1 is 1.20 bits per heavy atom. The van der Waals surface area contributed by atoms with Gasteiger partial charge in [0.05, 0.1) is 5.69 Å². The van der Waals surface area contributed by atoms with Crippen LogP contribution in [0.15, 0.2) is 4.42 Å². The molecular formula is C12H18N2O. The van der Waals surface area contributed by atoms with Crippen molar-refractivity contribution in [2.45, 2.75) is 26.2 Å². The molecule has 3 nitrogen and oxygen atoms in total. The normalized spacial score (nSPS) is 20.7. The fourth-order valence-corrected chi connectivity index (χ4v) is 2.83. The van der Waals surface area contributed by atoms with E-state index < -0.39 is 0 Å². The molecule has 1 N–H and O–H groups in total. The predicted octanol–water partition coefficient (Wildman–Crippen LogP) is 1.49. The lowest BCUT2D eigenvalue weighted by molar-refractivity contribution is 0.485. The largest absolute Gasteiger partial charge is 0.464 e. The number of nitrogens with one attached hydrogen (secondary N) is 1. The summed E-state index contributed by atoms with van der Waals surface area (Å²) < 4.78 is 5.85. The molecule has 3 rings (SSSR count). The summed E-state index contributed by atoms with van der Waals surface area (Å²) in [4.78, 5) is 2.49. The summed E-state index contributed by atoms with van der Waals surface area (Å²) in [5.41, 5.74) is 2.90. The van der Waals surface area contributed by atoms with Crippen molar-refractivity contribution in [3.8, 4) is 0 Å². The molecule has 0 saturated carbocycles. The highest BCUT2D eigenvalue weighted by Crippen LogP contribution is 2.36. The van der Waals surface area contributed by atoms with Crippen molar-refractivity contribution in [3.05, 3.63) is 17.1 Å². The van der Waals surface area contributed by atoms with Crippen LogP contribution in [0.1, 0.15) is 23.5 Å². The molecule has 1 aromatic heterocycles. The van der Waals surface area contributed by atoms with Gasteiger partial charge in [-0.2, -0.15) is 0 Å². The highest BCUT2D eigenvalue weighted by Gasteiger charge is 2.26. The quantitative estimate of drug-likeness (QED) is 0.754. The van der Waals surface area contributed by atoms with Gasteiger partial charge in [0.15, 0.2) is 0 Å². The minimum absolute atomic E-state index is 1.10. The minimum Gasteiger partial charge on any atom is -0.464 e. The van der Waals surface area contributed by atoms with Crippen LogP contribution in [-0.4, -0.2) is 26.2 Å². The molecule has 2 aliphatic rings. The van der Waals surface area contributed by atoms with Crippen LogP contribution < -0.4 is 10.2 Å². The number of hydrogen-bond donors (Lipinski definition) is 1. The van der Waals surface area contributed by atoms with Crippen LogP contribution in [0.25, 0.3) is 0 Å². The van der Waals surface area contributed by atoms with E-state index >= 15 is 0 Å². The van der Waals surface area contributed by atoms with Crippen molar-refractivity contribution in [2.24, 2.45) is 0 Å². The number of furan rings is 1. The molecule has 1 aromatic rings. The Morgan fingerprint density at radius 3 is 2.80 bits per heavy atom. The molecule has 82 valence electrons. The zero-order valence-electron chi connectivity index (χ0n) is 9.31. The fourth-order valence-electron chi connectivity index (χ4n) is 2.83. The second-order valence-corrected chi connectivity index (χ2v) is 4.50. The van der Waals surface area contributed by atoms with Gasteiger partial charge in [-0.1, -0.05) is 0 Å². The SMILES string of the molecule is Cc1oc2c(c1N1CCNCC1)CCC2. The van der Waals surface area contributed by atoms with Gasteiger partial charge in [-0.05, 0) is 19.8 Å². The van der Waals surface area contributed by atoms with Crippen molar-refractivity contribution in [1.29, 1.82) is 0 Å². The van der Waals surface area contributed by atoms with Crippen molar-refractivity contribution in [1.82, 2.24) is 5.32 Å². The van der Waals surface area contributed by atoms with Crippen LogP contribution in [0.4, 0.5) is 5.69 Å². The average Bonchev–Trinajstić information content (AvgIpc) is 2.78. The molecule has 15 heavy (non-hydrogen) atoms. The van der Waals surface area contributed by atoms with E-state index in [2.05, 4.69) is 17.1 Å².